The third-order valence-electron chi connectivity index (χ3n) is 2.74. The topological polar surface area (TPSA) is 96.2 Å². The molecule has 98 valence electrons. The molecule has 7 nitrogen and oxygen atoms in total. The van der Waals surface area contributed by atoms with Crippen LogP contribution in [0.5, 0.6) is 0 Å². The number of carbonyl (C=O) groups is 1. The van der Waals surface area contributed by atoms with Crippen LogP contribution in [0.4, 0.5) is 11.8 Å². The summed E-state index contributed by atoms with van der Waals surface area (Å²) >= 11 is 3.31. The number of nitrogens with zero attached hydrogens (tertiary/aromatic N) is 3. The second kappa shape index (κ2) is 5.96. The first kappa shape index (κ1) is 13.0. The number of rotatable bonds is 4. The molecule has 0 aromatic carbocycles. The molecule has 0 radical (unpaired) electrons. The summed E-state index contributed by atoms with van der Waals surface area (Å²) in [5, 5.41) is 2.98. The molecule has 18 heavy (non-hydrogen) atoms. The van der Waals surface area contributed by atoms with E-state index in [1.807, 2.05) is 4.90 Å². The highest BCUT2D eigenvalue weighted by Gasteiger charge is 2.17. The van der Waals surface area contributed by atoms with Crippen molar-refractivity contribution in [3.63, 3.8) is 0 Å². The maximum absolute atomic E-state index is 11.8. The van der Waals surface area contributed by atoms with Gasteiger partial charge in [-0.3, -0.25) is 10.2 Å². The lowest BCUT2D eigenvalue weighted by molar-refractivity contribution is -0.128. The molecule has 2 rings (SSSR count). The van der Waals surface area contributed by atoms with Gasteiger partial charge in [-0.15, -0.1) is 0 Å². The van der Waals surface area contributed by atoms with Crippen molar-refractivity contribution in [2.24, 2.45) is 5.84 Å². The van der Waals surface area contributed by atoms with Gasteiger partial charge in [-0.2, -0.15) is 4.98 Å². The molecule has 0 bridgehead atoms. The molecule has 1 saturated heterocycles. The van der Waals surface area contributed by atoms with Gasteiger partial charge < -0.3 is 10.2 Å². The van der Waals surface area contributed by atoms with Crippen molar-refractivity contribution in [3.8, 4) is 0 Å². The molecule has 0 aliphatic carbocycles. The summed E-state index contributed by atoms with van der Waals surface area (Å²) in [7, 11) is 0. The van der Waals surface area contributed by atoms with Crippen LogP contribution in [-0.4, -0.2) is 40.4 Å². The van der Waals surface area contributed by atoms with Crippen molar-refractivity contribution < 1.29 is 4.79 Å². The predicted octanol–water partition coefficient (Wildman–Crippen LogP) is 0.559. The van der Waals surface area contributed by atoms with E-state index in [-0.39, 0.29) is 12.5 Å². The molecule has 4 N–H and O–H groups in total. The molecule has 1 aliphatic heterocycles. The van der Waals surface area contributed by atoms with Crippen LogP contribution < -0.4 is 16.6 Å². The summed E-state index contributed by atoms with van der Waals surface area (Å²) in [6.07, 6.45) is 3.75. The van der Waals surface area contributed by atoms with Crippen LogP contribution in [0.15, 0.2) is 10.7 Å². The van der Waals surface area contributed by atoms with Crippen molar-refractivity contribution >= 4 is 33.6 Å². The predicted molar refractivity (Wildman–Crippen MR) is 71.8 cm³/mol. The quantitative estimate of drug-likeness (QED) is 0.555. The molecule has 1 amide bonds. The second-order valence-corrected chi connectivity index (χ2v) is 4.83. The average molecular weight is 315 g/mol. The zero-order valence-electron chi connectivity index (χ0n) is 9.82. The Hall–Kier alpha value is -1.41. The van der Waals surface area contributed by atoms with Crippen molar-refractivity contribution in [2.75, 3.05) is 30.4 Å². The lowest BCUT2D eigenvalue weighted by Gasteiger charge is -2.16. The van der Waals surface area contributed by atoms with Crippen molar-refractivity contribution in [1.82, 2.24) is 14.9 Å². The van der Waals surface area contributed by atoms with Gasteiger partial charge in [-0.05, 0) is 28.8 Å². The maximum Gasteiger partial charge on any atom is 0.241 e. The number of nitrogens with one attached hydrogen (secondary N) is 2. The number of nitrogen functional groups attached to an aromatic ring is 1. The fourth-order valence-corrected chi connectivity index (χ4v) is 2.13. The molecule has 0 atom stereocenters. The number of nitrogens with two attached hydrogens (primary N) is 1. The number of carbonyl (C=O) groups excluding carboxylic acids is 1. The molecule has 0 unspecified atom stereocenters. The van der Waals surface area contributed by atoms with E-state index in [0.29, 0.717) is 16.2 Å². The minimum absolute atomic E-state index is 0.0836. The van der Waals surface area contributed by atoms with Gasteiger partial charge in [0.2, 0.25) is 11.9 Å². The molecule has 0 spiro atoms. The molecule has 1 fully saturated rings. The number of amides is 1. The summed E-state index contributed by atoms with van der Waals surface area (Å²) in [4.78, 5) is 21.7. The highest BCUT2D eigenvalue weighted by molar-refractivity contribution is 9.10. The SMILES string of the molecule is NNc1ncc(Br)c(NCC(=O)N2CCCC2)n1. The van der Waals surface area contributed by atoms with Gasteiger partial charge in [-0.1, -0.05) is 0 Å². The van der Waals surface area contributed by atoms with E-state index in [9.17, 15) is 4.79 Å². The van der Waals surface area contributed by atoms with E-state index in [4.69, 9.17) is 5.84 Å². The Morgan fingerprint density at radius 1 is 1.50 bits per heavy atom. The maximum atomic E-state index is 11.8. The average Bonchev–Trinajstić information content (AvgIpc) is 2.91. The van der Waals surface area contributed by atoms with Crippen LogP contribution in [0.2, 0.25) is 0 Å². The number of likely N-dealkylation sites (tertiary alicyclic amines) is 1. The Morgan fingerprint density at radius 3 is 2.89 bits per heavy atom. The van der Waals surface area contributed by atoms with Gasteiger partial charge in [0.25, 0.3) is 0 Å². The van der Waals surface area contributed by atoms with E-state index >= 15 is 0 Å². The van der Waals surface area contributed by atoms with E-state index in [2.05, 4.69) is 36.6 Å². The Morgan fingerprint density at radius 2 is 2.22 bits per heavy atom. The smallest absolute Gasteiger partial charge is 0.241 e. The Kier molecular flexibility index (Phi) is 4.32. The minimum Gasteiger partial charge on any atom is -0.360 e. The van der Waals surface area contributed by atoms with E-state index in [1.54, 1.807) is 6.20 Å². The fraction of sp³-hybridized carbons (Fsp3) is 0.500. The molecule has 2 heterocycles. The van der Waals surface area contributed by atoms with Gasteiger partial charge >= 0.3 is 0 Å². The largest absolute Gasteiger partial charge is 0.360 e. The Bertz CT molecular complexity index is 434. The van der Waals surface area contributed by atoms with E-state index < -0.39 is 0 Å². The second-order valence-electron chi connectivity index (χ2n) is 3.98. The molecule has 1 aromatic rings. The summed E-state index contributed by atoms with van der Waals surface area (Å²) in [5.74, 6) is 6.16. The lowest BCUT2D eigenvalue weighted by Crippen LogP contribution is -2.33. The summed E-state index contributed by atoms with van der Waals surface area (Å²) in [6, 6.07) is 0. The molecule has 1 aromatic heterocycles. The van der Waals surface area contributed by atoms with Crippen LogP contribution in [0.25, 0.3) is 0 Å². The number of aromatic nitrogens is 2. The number of hydrogen-bond acceptors (Lipinski definition) is 6. The summed E-state index contributed by atoms with van der Waals surface area (Å²) < 4.78 is 0.690. The molecule has 1 aliphatic rings. The van der Waals surface area contributed by atoms with Gasteiger partial charge in [0.05, 0.1) is 11.0 Å². The van der Waals surface area contributed by atoms with Gasteiger partial charge in [0.1, 0.15) is 5.82 Å². The zero-order chi connectivity index (χ0) is 13.0. The van der Waals surface area contributed by atoms with Crippen molar-refractivity contribution in [3.05, 3.63) is 10.7 Å². The normalized spacial score (nSPS) is 14.7. The third kappa shape index (κ3) is 3.08. The minimum atomic E-state index is 0.0836. The summed E-state index contributed by atoms with van der Waals surface area (Å²) in [6.45, 7) is 1.92. The number of hydrogen-bond donors (Lipinski definition) is 3. The Labute approximate surface area is 113 Å². The molecular weight excluding hydrogens is 300 g/mol. The first-order valence-electron chi connectivity index (χ1n) is 5.71. The van der Waals surface area contributed by atoms with E-state index in [1.165, 1.54) is 0 Å². The van der Waals surface area contributed by atoms with Crippen LogP contribution in [0.3, 0.4) is 0 Å². The van der Waals surface area contributed by atoms with Gasteiger partial charge in [-0.25, -0.2) is 10.8 Å². The summed E-state index contributed by atoms with van der Waals surface area (Å²) in [5.41, 5.74) is 2.36. The number of halogens is 1. The highest BCUT2D eigenvalue weighted by atomic mass is 79.9. The van der Waals surface area contributed by atoms with Crippen molar-refractivity contribution in [1.29, 1.82) is 0 Å². The molecule has 0 saturated carbocycles. The molecule has 8 heteroatoms. The zero-order valence-corrected chi connectivity index (χ0v) is 11.4. The molecular formula is C10H15BrN6O. The van der Waals surface area contributed by atoms with Crippen molar-refractivity contribution in [2.45, 2.75) is 12.8 Å². The van der Waals surface area contributed by atoms with Gasteiger partial charge in [0.15, 0.2) is 0 Å². The fourth-order valence-electron chi connectivity index (χ4n) is 1.80. The number of hydrazine groups is 1. The number of anilines is 2. The Balaban J connectivity index is 1.94. The van der Waals surface area contributed by atoms with Crippen LogP contribution in [-0.2, 0) is 4.79 Å². The van der Waals surface area contributed by atoms with Crippen LogP contribution in [0, 0.1) is 0 Å². The monoisotopic (exact) mass is 314 g/mol. The first-order valence-corrected chi connectivity index (χ1v) is 6.51. The lowest BCUT2D eigenvalue weighted by atomic mass is 10.4. The highest BCUT2D eigenvalue weighted by Crippen LogP contribution is 2.19. The van der Waals surface area contributed by atoms with Gasteiger partial charge in [0, 0.05) is 19.3 Å². The standard InChI is InChI=1S/C10H15BrN6O/c11-7-5-14-10(16-12)15-9(7)13-6-8(18)17-3-1-2-4-17/h5H,1-4,6,12H2,(H2,13,14,15,16). The van der Waals surface area contributed by atoms with Crippen LogP contribution >= 0.6 is 15.9 Å². The van der Waals surface area contributed by atoms with Crippen LogP contribution in [0.1, 0.15) is 12.8 Å². The first-order chi connectivity index (χ1) is 8.70. The third-order valence-corrected chi connectivity index (χ3v) is 3.32. The van der Waals surface area contributed by atoms with E-state index in [0.717, 1.165) is 25.9 Å².